The maximum Gasteiger partial charge on any atom is 0.280 e. The van der Waals surface area contributed by atoms with Crippen molar-refractivity contribution in [2.45, 2.75) is 13.0 Å². The Morgan fingerprint density at radius 3 is 3.00 bits per heavy atom. The molecule has 0 aliphatic carbocycles. The summed E-state index contributed by atoms with van der Waals surface area (Å²) in [5.74, 6) is -0.260. The standard InChI is InChI=1S/C9H9F2N3O/c1-2-8(15)13-5-7-12-4-3-6(14-7)9(10)11/h2-4,9H,1,5H2,(H,13,15). The summed E-state index contributed by atoms with van der Waals surface area (Å²) in [6.45, 7) is 3.25. The summed E-state index contributed by atoms with van der Waals surface area (Å²) < 4.78 is 24.4. The van der Waals surface area contributed by atoms with Gasteiger partial charge in [-0.25, -0.2) is 18.7 Å². The molecular formula is C9H9F2N3O. The van der Waals surface area contributed by atoms with E-state index in [0.717, 1.165) is 12.1 Å². The molecule has 1 heterocycles. The van der Waals surface area contributed by atoms with Crippen molar-refractivity contribution in [3.05, 3.63) is 36.4 Å². The van der Waals surface area contributed by atoms with Crippen LogP contribution in [-0.2, 0) is 11.3 Å². The number of carbonyl (C=O) groups excluding carboxylic acids is 1. The lowest BCUT2D eigenvalue weighted by Crippen LogP contribution is -2.21. The van der Waals surface area contributed by atoms with Gasteiger partial charge in [-0.1, -0.05) is 6.58 Å². The second-order valence-electron chi connectivity index (χ2n) is 2.62. The predicted molar refractivity (Wildman–Crippen MR) is 49.0 cm³/mol. The van der Waals surface area contributed by atoms with Crippen LogP contribution in [0.1, 0.15) is 17.9 Å². The third-order valence-corrected chi connectivity index (χ3v) is 1.56. The van der Waals surface area contributed by atoms with Gasteiger partial charge < -0.3 is 5.32 Å². The molecule has 0 aliphatic rings. The molecule has 0 bridgehead atoms. The molecule has 0 spiro atoms. The maximum absolute atomic E-state index is 12.2. The number of nitrogens with one attached hydrogen (secondary N) is 1. The molecule has 0 fully saturated rings. The first-order valence-electron chi connectivity index (χ1n) is 4.13. The molecule has 0 saturated heterocycles. The van der Waals surface area contributed by atoms with Crippen LogP contribution in [0, 0.1) is 0 Å². The number of nitrogens with zero attached hydrogens (tertiary/aromatic N) is 2. The van der Waals surface area contributed by atoms with Gasteiger partial charge in [0.15, 0.2) is 0 Å². The quantitative estimate of drug-likeness (QED) is 0.765. The van der Waals surface area contributed by atoms with E-state index in [1.165, 1.54) is 6.20 Å². The van der Waals surface area contributed by atoms with E-state index in [9.17, 15) is 13.6 Å². The zero-order chi connectivity index (χ0) is 11.3. The number of alkyl halides is 2. The first kappa shape index (κ1) is 11.2. The van der Waals surface area contributed by atoms with Crippen molar-refractivity contribution < 1.29 is 13.6 Å². The zero-order valence-corrected chi connectivity index (χ0v) is 7.78. The normalized spacial score (nSPS) is 10.1. The van der Waals surface area contributed by atoms with Crippen molar-refractivity contribution in [1.29, 1.82) is 0 Å². The Balaban J connectivity index is 2.65. The predicted octanol–water partition coefficient (Wildman–Crippen LogP) is 1.22. The molecular weight excluding hydrogens is 204 g/mol. The molecule has 0 unspecified atom stereocenters. The lowest BCUT2D eigenvalue weighted by molar-refractivity contribution is -0.116. The van der Waals surface area contributed by atoms with E-state index in [0.29, 0.717) is 0 Å². The van der Waals surface area contributed by atoms with Gasteiger partial charge in [-0.2, -0.15) is 0 Å². The molecule has 0 atom stereocenters. The van der Waals surface area contributed by atoms with Gasteiger partial charge in [-0.3, -0.25) is 4.79 Å². The molecule has 0 radical (unpaired) electrons. The highest BCUT2D eigenvalue weighted by Gasteiger charge is 2.09. The molecule has 1 N–H and O–H groups in total. The van der Waals surface area contributed by atoms with Gasteiger partial charge in [-0.05, 0) is 12.1 Å². The maximum atomic E-state index is 12.2. The first-order valence-corrected chi connectivity index (χ1v) is 4.13. The van der Waals surface area contributed by atoms with Gasteiger partial charge in [0.25, 0.3) is 6.43 Å². The number of rotatable bonds is 4. The first-order chi connectivity index (χ1) is 7.13. The average Bonchev–Trinajstić information content (AvgIpc) is 2.26. The van der Waals surface area contributed by atoms with E-state index in [-0.39, 0.29) is 18.1 Å². The van der Waals surface area contributed by atoms with Crippen LogP contribution in [-0.4, -0.2) is 15.9 Å². The molecule has 0 aliphatic heterocycles. The number of hydrogen-bond acceptors (Lipinski definition) is 3. The van der Waals surface area contributed by atoms with E-state index in [1.54, 1.807) is 0 Å². The topological polar surface area (TPSA) is 54.9 Å². The highest BCUT2D eigenvalue weighted by Crippen LogP contribution is 2.14. The van der Waals surface area contributed by atoms with Crippen LogP contribution >= 0.6 is 0 Å². The molecule has 4 nitrogen and oxygen atoms in total. The monoisotopic (exact) mass is 213 g/mol. The molecule has 6 heteroatoms. The van der Waals surface area contributed by atoms with Crippen LogP contribution in [0.4, 0.5) is 8.78 Å². The fourth-order valence-electron chi connectivity index (χ4n) is 0.860. The summed E-state index contributed by atoms with van der Waals surface area (Å²) in [6.07, 6.45) is -0.331. The smallest absolute Gasteiger partial charge is 0.280 e. The minimum atomic E-state index is -2.64. The Morgan fingerprint density at radius 1 is 1.67 bits per heavy atom. The van der Waals surface area contributed by atoms with Crippen LogP contribution < -0.4 is 5.32 Å². The van der Waals surface area contributed by atoms with Crippen LogP contribution in [0.15, 0.2) is 24.9 Å². The highest BCUT2D eigenvalue weighted by atomic mass is 19.3. The van der Waals surface area contributed by atoms with Crippen LogP contribution in [0.5, 0.6) is 0 Å². The third-order valence-electron chi connectivity index (χ3n) is 1.56. The largest absolute Gasteiger partial charge is 0.345 e. The van der Waals surface area contributed by atoms with Crippen LogP contribution in [0.2, 0.25) is 0 Å². The third kappa shape index (κ3) is 3.41. The van der Waals surface area contributed by atoms with Gasteiger partial charge in [0.05, 0.1) is 6.54 Å². The average molecular weight is 213 g/mol. The summed E-state index contributed by atoms with van der Waals surface area (Å²) in [7, 11) is 0. The van der Waals surface area contributed by atoms with Crippen molar-refractivity contribution in [2.75, 3.05) is 0 Å². The number of aromatic nitrogens is 2. The number of amides is 1. The van der Waals surface area contributed by atoms with Gasteiger partial charge in [0.1, 0.15) is 11.5 Å². The van der Waals surface area contributed by atoms with E-state index in [1.807, 2.05) is 0 Å². The molecule has 15 heavy (non-hydrogen) atoms. The van der Waals surface area contributed by atoms with E-state index < -0.39 is 12.3 Å². The molecule has 0 aromatic carbocycles. The van der Waals surface area contributed by atoms with Crippen LogP contribution in [0.25, 0.3) is 0 Å². The van der Waals surface area contributed by atoms with Crippen molar-refractivity contribution in [3.8, 4) is 0 Å². The highest BCUT2D eigenvalue weighted by molar-refractivity contribution is 5.86. The second-order valence-corrected chi connectivity index (χ2v) is 2.62. The summed E-state index contributed by atoms with van der Waals surface area (Å²) in [5.41, 5.74) is -0.354. The zero-order valence-electron chi connectivity index (χ0n) is 7.78. The van der Waals surface area contributed by atoms with Gasteiger partial charge >= 0.3 is 0 Å². The summed E-state index contributed by atoms with van der Waals surface area (Å²) in [6, 6.07) is 1.13. The summed E-state index contributed by atoms with van der Waals surface area (Å²) in [4.78, 5) is 18.1. The van der Waals surface area contributed by atoms with E-state index in [2.05, 4.69) is 21.9 Å². The van der Waals surface area contributed by atoms with Crippen LogP contribution in [0.3, 0.4) is 0 Å². The van der Waals surface area contributed by atoms with Crippen molar-refractivity contribution in [1.82, 2.24) is 15.3 Å². The number of halogens is 2. The summed E-state index contributed by atoms with van der Waals surface area (Å²) >= 11 is 0. The Morgan fingerprint density at radius 2 is 2.40 bits per heavy atom. The van der Waals surface area contributed by atoms with Gasteiger partial charge in [0, 0.05) is 6.20 Å². The molecule has 80 valence electrons. The minimum Gasteiger partial charge on any atom is -0.345 e. The lowest BCUT2D eigenvalue weighted by atomic mass is 10.4. The summed E-state index contributed by atoms with van der Waals surface area (Å²) in [5, 5.41) is 2.39. The number of hydrogen-bond donors (Lipinski definition) is 1. The number of carbonyl (C=O) groups is 1. The van der Waals surface area contributed by atoms with E-state index >= 15 is 0 Å². The Labute approximate surface area is 85.0 Å². The Hall–Kier alpha value is -1.85. The fourth-order valence-corrected chi connectivity index (χ4v) is 0.860. The Kier molecular flexibility index (Phi) is 3.84. The van der Waals surface area contributed by atoms with Crippen molar-refractivity contribution in [2.24, 2.45) is 0 Å². The van der Waals surface area contributed by atoms with Crippen molar-refractivity contribution in [3.63, 3.8) is 0 Å². The Bertz CT molecular complexity index is 368. The molecule has 1 rings (SSSR count). The van der Waals surface area contributed by atoms with Gasteiger partial charge in [0.2, 0.25) is 5.91 Å². The molecule has 0 saturated carbocycles. The molecule has 1 amide bonds. The second kappa shape index (κ2) is 5.14. The minimum absolute atomic E-state index is 0.00537. The lowest BCUT2D eigenvalue weighted by Gasteiger charge is -2.03. The van der Waals surface area contributed by atoms with Crippen molar-refractivity contribution >= 4 is 5.91 Å². The SMILES string of the molecule is C=CC(=O)NCc1nccc(C(F)F)n1. The molecule has 1 aromatic heterocycles. The van der Waals surface area contributed by atoms with E-state index in [4.69, 9.17) is 0 Å². The van der Waals surface area contributed by atoms with Gasteiger partial charge in [-0.15, -0.1) is 0 Å². The molecule has 1 aromatic rings. The fraction of sp³-hybridized carbons (Fsp3) is 0.222.